The molecule has 0 fully saturated rings. The number of hydrogen-bond donors (Lipinski definition) is 2. The van der Waals surface area contributed by atoms with Gasteiger partial charge in [-0.15, -0.1) is 0 Å². The van der Waals surface area contributed by atoms with Crippen molar-refractivity contribution in [3.05, 3.63) is 0 Å². The molecule has 0 amide bonds. The van der Waals surface area contributed by atoms with Gasteiger partial charge < -0.3 is 15.6 Å². The number of nitrogens with two attached hydrogens (primary N) is 1. The lowest BCUT2D eigenvalue weighted by Crippen LogP contribution is -2.46. The van der Waals surface area contributed by atoms with E-state index < -0.39 is 36.3 Å². The zero-order chi connectivity index (χ0) is 13.1. The Bertz CT molecular complexity index is 247. The van der Waals surface area contributed by atoms with Gasteiger partial charge in [0, 0.05) is 6.04 Å². The fourth-order valence-corrected chi connectivity index (χ4v) is 0.930. The van der Waals surface area contributed by atoms with Crippen LogP contribution in [0.15, 0.2) is 0 Å². The first-order valence-corrected chi connectivity index (χ1v) is 4.65. The van der Waals surface area contributed by atoms with Crippen LogP contribution in [0.3, 0.4) is 0 Å². The molecular formula is C9H16F3NO3. The van der Waals surface area contributed by atoms with E-state index in [1.165, 1.54) is 0 Å². The van der Waals surface area contributed by atoms with Gasteiger partial charge in [0.05, 0.1) is 6.42 Å². The molecule has 0 aromatic heterocycles. The van der Waals surface area contributed by atoms with E-state index in [0.29, 0.717) is 0 Å². The molecule has 0 radical (unpaired) electrons. The number of hydrogen-bond acceptors (Lipinski definition) is 4. The third kappa shape index (κ3) is 5.92. The standard InChI is InChI=1S/C9H16F3NO3/c1-8(2,3)16-6(14)4-5(13)7(15)9(10,11)12/h5,7,15H,4,13H2,1-3H3. The van der Waals surface area contributed by atoms with Crippen LogP contribution in [0.5, 0.6) is 0 Å². The van der Waals surface area contributed by atoms with E-state index in [1.807, 2.05) is 0 Å². The van der Waals surface area contributed by atoms with Gasteiger partial charge >= 0.3 is 12.1 Å². The summed E-state index contributed by atoms with van der Waals surface area (Å²) in [5, 5.41) is 8.74. The maximum atomic E-state index is 12.0. The fourth-order valence-electron chi connectivity index (χ4n) is 0.930. The van der Waals surface area contributed by atoms with Crippen LogP contribution in [0, 0.1) is 0 Å². The summed E-state index contributed by atoms with van der Waals surface area (Å²) in [4.78, 5) is 11.1. The van der Waals surface area contributed by atoms with Gasteiger partial charge in [-0.25, -0.2) is 0 Å². The number of carbonyl (C=O) groups excluding carboxylic acids is 1. The molecule has 0 aliphatic carbocycles. The van der Waals surface area contributed by atoms with Crippen LogP contribution in [0.1, 0.15) is 27.2 Å². The van der Waals surface area contributed by atoms with E-state index in [2.05, 4.69) is 0 Å². The van der Waals surface area contributed by atoms with E-state index in [4.69, 9.17) is 15.6 Å². The summed E-state index contributed by atoms with van der Waals surface area (Å²) in [6.45, 7) is 4.74. The van der Waals surface area contributed by atoms with Crippen molar-refractivity contribution < 1.29 is 27.8 Å². The molecule has 0 heterocycles. The van der Waals surface area contributed by atoms with E-state index in [-0.39, 0.29) is 0 Å². The number of carbonyl (C=O) groups is 1. The fraction of sp³-hybridized carbons (Fsp3) is 0.889. The first kappa shape index (κ1) is 15.2. The molecule has 4 nitrogen and oxygen atoms in total. The van der Waals surface area contributed by atoms with Gasteiger partial charge in [0.2, 0.25) is 0 Å². The van der Waals surface area contributed by atoms with Crippen molar-refractivity contribution in [2.45, 2.75) is 51.1 Å². The molecule has 0 aromatic carbocycles. The number of aliphatic hydroxyl groups is 1. The highest BCUT2D eigenvalue weighted by molar-refractivity contribution is 5.70. The molecular weight excluding hydrogens is 227 g/mol. The molecule has 0 aliphatic heterocycles. The molecule has 0 saturated carbocycles. The van der Waals surface area contributed by atoms with Crippen LogP contribution < -0.4 is 5.73 Å². The molecule has 7 heteroatoms. The highest BCUT2D eigenvalue weighted by Gasteiger charge is 2.43. The number of halogens is 3. The molecule has 3 N–H and O–H groups in total. The van der Waals surface area contributed by atoms with E-state index in [0.717, 1.165) is 0 Å². The lowest BCUT2D eigenvalue weighted by atomic mass is 10.1. The summed E-state index contributed by atoms with van der Waals surface area (Å²) >= 11 is 0. The van der Waals surface area contributed by atoms with Gasteiger partial charge in [0.25, 0.3) is 0 Å². The Labute approximate surface area is 91.6 Å². The quantitative estimate of drug-likeness (QED) is 0.724. The average Bonchev–Trinajstić information content (AvgIpc) is 1.96. The Balaban J connectivity index is 4.26. The smallest absolute Gasteiger partial charge is 0.415 e. The van der Waals surface area contributed by atoms with Crippen LogP contribution in [0.25, 0.3) is 0 Å². The Kier molecular flexibility index (Phi) is 4.75. The first-order chi connectivity index (χ1) is 6.93. The van der Waals surface area contributed by atoms with Crippen molar-refractivity contribution in [3.63, 3.8) is 0 Å². The highest BCUT2D eigenvalue weighted by atomic mass is 19.4. The molecule has 0 saturated heterocycles. The minimum atomic E-state index is -4.83. The number of esters is 1. The second-order valence-corrected chi connectivity index (χ2v) is 4.44. The van der Waals surface area contributed by atoms with E-state index in [1.54, 1.807) is 20.8 Å². The van der Waals surface area contributed by atoms with Crippen molar-refractivity contribution in [1.29, 1.82) is 0 Å². The van der Waals surface area contributed by atoms with Crippen molar-refractivity contribution in [2.75, 3.05) is 0 Å². The molecule has 0 bridgehead atoms. The lowest BCUT2D eigenvalue weighted by Gasteiger charge is -2.23. The van der Waals surface area contributed by atoms with Crippen LogP contribution >= 0.6 is 0 Å². The minimum Gasteiger partial charge on any atom is -0.460 e. The van der Waals surface area contributed by atoms with E-state index in [9.17, 15) is 18.0 Å². The molecule has 96 valence electrons. The normalized spacial score (nSPS) is 16.8. The second kappa shape index (κ2) is 5.01. The van der Waals surface area contributed by atoms with Crippen molar-refractivity contribution >= 4 is 5.97 Å². The largest absolute Gasteiger partial charge is 0.460 e. The number of alkyl halides is 3. The summed E-state index contributed by atoms with van der Waals surface area (Å²) in [6.07, 6.45) is -8.24. The predicted octanol–water partition coefficient (Wildman–Crippen LogP) is 0.969. The number of ether oxygens (including phenoxy) is 1. The molecule has 0 rings (SSSR count). The van der Waals surface area contributed by atoms with Crippen LogP contribution in [-0.4, -0.2) is 35.0 Å². The highest BCUT2D eigenvalue weighted by Crippen LogP contribution is 2.23. The maximum absolute atomic E-state index is 12.0. The summed E-state index contributed by atoms with van der Waals surface area (Å²) in [5.41, 5.74) is 4.26. The number of aliphatic hydroxyl groups excluding tert-OH is 1. The first-order valence-electron chi connectivity index (χ1n) is 4.65. The Morgan fingerprint density at radius 1 is 1.38 bits per heavy atom. The summed E-state index contributed by atoms with van der Waals surface area (Å²) in [7, 11) is 0. The summed E-state index contributed by atoms with van der Waals surface area (Å²) in [6, 6.07) is -1.71. The third-order valence-electron chi connectivity index (χ3n) is 1.56. The molecule has 0 aromatic rings. The van der Waals surface area contributed by atoms with Gasteiger partial charge in [-0.2, -0.15) is 13.2 Å². The Morgan fingerprint density at radius 2 is 1.81 bits per heavy atom. The Hall–Kier alpha value is -0.820. The number of rotatable bonds is 3. The van der Waals surface area contributed by atoms with Gasteiger partial charge in [-0.05, 0) is 20.8 Å². The monoisotopic (exact) mass is 243 g/mol. The van der Waals surface area contributed by atoms with Crippen LogP contribution in [-0.2, 0) is 9.53 Å². The molecule has 16 heavy (non-hydrogen) atoms. The minimum absolute atomic E-state index is 0.683. The van der Waals surface area contributed by atoms with Crippen LogP contribution in [0.4, 0.5) is 13.2 Å². The summed E-state index contributed by atoms with van der Waals surface area (Å²) < 4.78 is 40.8. The third-order valence-corrected chi connectivity index (χ3v) is 1.56. The van der Waals surface area contributed by atoms with Crippen molar-refractivity contribution in [2.24, 2.45) is 5.73 Å². The predicted molar refractivity (Wildman–Crippen MR) is 50.5 cm³/mol. The molecule has 0 aliphatic rings. The maximum Gasteiger partial charge on any atom is 0.415 e. The van der Waals surface area contributed by atoms with Crippen LogP contribution in [0.2, 0.25) is 0 Å². The average molecular weight is 243 g/mol. The van der Waals surface area contributed by atoms with E-state index >= 15 is 0 Å². The lowest BCUT2D eigenvalue weighted by molar-refractivity contribution is -0.211. The van der Waals surface area contributed by atoms with Gasteiger partial charge in [0.1, 0.15) is 5.60 Å². The van der Waals surface area contributed by atoms with Crippen molar-refractivity contribution in [3.8, 4) is 0 Å². The molecule has 2 atom stereocenters. The second-order valence-electron chi connectivity index (χ2n) is 4.44. The zero-order valence-electron chi connectivity index (χ0n) is 9.34. The summed E-state index contributed by atoms with van der Waals surface area (Å²) in [5.74, 6) is -0.872. The molecule has 2 unspecified atom stereocenters. The SMILES string of the molecule is CC(C)(C)OC(=O)CC(N)C(O)C(F)(F)F. The molecule has 0 spiro atoms. The van der Waals surface area contributed by atoms with Gasteiger partial charge in [-0.3, -0.25) is 4.79 Å². The van der Waals surface area contributed by atoms with Gasteiger partial charge in [-0.1, -0.05) is 0 Å². The van der Waals surface area contributed by atoms with Crippen molar-refractivity contribution in [1.82, 2.24) is 0 Å². The Morgan fingerprint density at radius 3 is 2.12 bits per heavy atom. The zero-order valence-corrected chi connectivity index (χ0v) is 9.34. The van der Waals surface area contributed by atoms with Gasteiger partial charge in [0.15, 0.2) is 6.10 Å². The topological polar surface area (TPSA) is 72.5 Å².